The van der Waals surface area contributed by atoms with Crippen LogP contribution in [-0.2, 0) is 0 Å². The molecule has 90 valence electrons. The molecule has 1 aliphatic carbocycles. The molecule has 0 spiro atoms. The van der Waals surface area contributed by atoms with E-state index in [-0.39, 0.29) is 6.10 Å². The van der Waals surface area contributed by atoms with Gasteiger partial charge < -0.3 is 5.11 Å². The quantitative estimate of drug-likeness (QED) is 0.811. The zero-order valence-electron chi connectivity index (χ0n) is 9.87. The van der Waals surface area contributed by atoms with E-state index < -0.39 is 0 Å². The molecule has 0 amide bonds. The van der Waals surface area contributed by atoms with Gasteiger partial charge in [-0.15, -0.1) is 0 Å². The van der Waals surface area contributed by atoms with Crippen LogP contribution < -0.4 is 0 Å². The summed E-state index contributed by atoms with van der Waals surface area (Å²) in [6.45, 7) is 1.97. The number of aromatic nitrogens is 4. The molecule has 0 aliphatic heterocycles. The molecule has 1 N–H and O–H groups in total. The number of aliphatic hydroxyl groups is 1. The number of fused-ring (bicyclic) bond motifs is 1. The van der Waals surface area contributed by atoms with E-state index in [9.17, 15) is 5.11 Å². The Morgan fingerprint density at radius 2 is 2.00 bits per heavy atom. The first kappa shape index (κ1) is 10.7. The second-order valence-corrected chi connectivity index (χ2v) is 4.75. The average Bonchev–Trinajstić information content (AvgIpc) is 2.75. The van der Waals surface area contributed by atoms with E-state index in [1.54, 1.807) is 6.33 Å². The summed E-state index contributed by atoms with van der Waals surface area (Å²) in [5.74, 6) is 0. The third kappa shape index (κ3) is 1.80. The van der Waals surface area contributed by atoms with Crippen LogP contribution in [-0.4, -0.2) is 31.0 Å². The van der Waals surface area contributed by atoms with Gasteiger partial charge in [0.05, 0.1) is 29.4 Å². The van der Waals surface area contributed by atoms with Crippen molar-refractivity contribution in [1.82, 2.24) is 19.7 Å². The fraction of sp³-hybridized carbons (Fsp3) is 0.583. The molecular weight excluding hydrogens is 216 g/mol. The van der Waals surface area contributed by atoms with E-state index in [1.807, 2.05) is 17.8 Å². The Hall–Kier alpha value is -1.49. The number of aryl methyl sites for hydroxylation is 1. The van der Waals surface area contributed by atoms with Gasteiger partial charge in [0.1, 0.15) is 6.33 Å². The summed E-state index contributed by atoms with van der Waals surface area (Å²) < 4.78 is 2.00. The van der Waals surface area contributed by atoms with Crippen molar-refractivity contribution in [3.8, 4) is 0 Å². The maximum atomic E-state index is 9.53. The average molecular weight is 232 g/mol. The SMILES string of the molecule is Cc1ncnc2c1cnn2C1CCC(O)CC1. The molecule has 3 rings (SSSR count). The summed E-state index contributed by atoms with van der Waals surface area (Å²) in [6, 6.07) is 0.366. The fourth-order valence-corrected chi connectivity index (χ4v) is 2.55. The number of hydrogen-bond acceptors (Lipinski definition) is 4. The molecule has 17 heavy (non-hydrogen) atoms. The van der Waals surface area contributed by atoms with Crippen LogP contribution in [0.2, 0.25) is 0 Å². The molecule has 1 fully saturated rings. The van der Waals surface area contributed by atoms with E-state index in [1.165, 1.54) is 0 Å². The van der Waals surface area contributed by atoms with E-state index >= 15 is 0 Å². The Kier molecular flexibility index (Phi) is 2.55. The van der Waals surface area contributed by atoms with Crippen LogP contribution in [0.15, 0.2) is 12.5 Å². The molecule has 2 heterocycles. The molecule has 0 unspecified atom stereocenters. The largest absolute Gasteiger partial charge is 0.393 e. The molecule has 0 bridgehead atoms. The molecule has 0 saturated heterocycles. The van der Waals surface area contributed by atoms with E-state index in [0.717, 1.165) is 42.4 Å². The van der Waals surface area contributed by atoms with Gasteiger partial charge in [-0.2, -0.15) is 5.10 Å². The van der Waals surface area contributed by atoms with Crippen molar-refractivity contribution in [2.24, 2.45) is 0 Å². The van der Waals surface area contributed by atoms with Crippen LogP contribution in [0.5, 0.6) is 0 Å². The standard InChI is InChI=1S/C12H16N4O/c1-8-11-6-15-16(12(11)14-7-13-8)9-2-4-10(17)5-3-9/h6-7,9-10,17H,2-5H2,1H3. The summed E-state index contributed by atoms with van der Waals surface area (Å²) in [7, 11) is 0. The summed E-state index contributed by atoms with van der Waals surface area (Å²) >= 11 is 0. The van der Waals surface area contributed by atoms with Crippen LogP contribution >= 0.6 is 0 Å². The van der Waals surface area contributed by atoms with Crippen LogP contribution in [0.1, 0.15) is 37.4 Å². The van der Waals surface area contributed by atoms with Crippen LogP contribution in [0, 0.1) is 6.92 Å². The topological polar surface area (TPSA) is 63.8 Å². The third-order valence-electron chi connectivity index (χ3n) is 3.60. The first-order valence-corrected chi connectivity index (χ1v) is 6.08. The first-order chi connectivity index (χ1) is 8.25. The predicted octanol–water partition coefficient (Wildman–Crippen LogP) is 1.61. The molecule has 0 radical (unpaired) electrons. The molecule has 1 saturated carbocycles. The van der Waals surface area contributed by atoms with Gasteiger partial charge in [-0.3, -0.25) is 0 Å². The minimum absolute atomic E-state index is 0.135. The Morgan fingerprint density at radius 1 is 1.24 bits per heavy atom. The Bertz CT molecular complexity index is 528. The normalized spacial score (nSPS) is 25.3. The third-order valence-corrected chi connectivity index (χ3v) is 3.60. The number of nitrogens with zero attached hydrogens (tertiary/aromatic N) is 4. The molecular formula is C12H16N4O. The van der Waals surface area contributed by atoms with Gasteiger partial charge in [0.15, 0.2) is 5.65 Å². The van der Waals surface area contributed by atoms with Crippen molar-refractivity contribution in [3.63, 3.8) is 0 Å². The zero-order valence-corrected chi connectivity index (χ0v) is 9.87. The maximum Gasteiger partial charge on any atom is 0.161 e. The predicted molar refractivity (Wildman–Crippen MR) is 63.6 cm³/mol. The zero-order chi connectivity index (χ0) is 11.8. The Balaban J connectivity index is 1.98. The van der Waals surface area contributed by atoms with Crippen molar-refractivity contribution in [2.75, 3.05) is 0 Å². The van der Waals surface area contributed by atoms with Crippen LogP contribution in [0.3, 0.4) is 0 Å². The fourth-order valence-electron chi connectivity index (χ4n) is 2.55. The summed E-state index contributed by atoms with van der Waals surface area (Å²) in [5, 5.41) is 15.0. The first-order valence-electron chi connectivity index (χ1n) is 6.08. The highest BCUT2D eigenvalue weighted by atomic mass is 16.3. The second-order valence-electron chi connectivity index (χ2n) is 4.75. The molecule has 0 atom stereocenters. The lowest BCUT2D eigenvalue weighted by atomic mass is 9.93. The molecule has 2 aromatic rings. The summed E-state index contributed by atoms with van der Waals surface area (Å²) in [5.41, 5.74) is 1.89. The van der Waals surface area contributed by atoms with Gasteiger partial charge in [0, 0.05) is 0 Å². The van der Waals surface area contributed by atoms with Gasteiger partial charge in [0.25, 0.3) is 0 Å². The van der Waals surface area contributed by atoms with E-state index in [2.05, 4.69) is 15.1 Å². The van der Waals surface area contributed by atoms with Crippen molar-refractivity contribution >= 4 is 11.0 Å². The smallest absolute Gasteiger partial charge is 0.161 e. The summed E-state index contributed by atoms with van der Waals surface area (Å²) in [4.78, 5) is 8.50. The molecule has 1 aliphatic rings. The minimum atomic E-state index is -0.135. The summed E-state index contributed by atoms with van der Waals surface area (Å²) in [6.07, 6.45) is 6.96. The van der Waals surface area contributed by atoms with Crippen molar-refractivity contribution in [2.45, 2.75) is 44.8 Å². The van der Waals surface area contributed by atoms with Gasteiger partial charge in [-0.1, -0.05) is 0 Å². The van der Waals surface area contributed by atoms with E-state index in [0.29, 0.717) is 6.04 Å². The number of hydrogen-bond donors (Lipinski definition) is 1. The van der Waals surface area contributed by atoms with Crippen molar-refractivity contribution in [1.29, 1.82) is 0 Å². The highest BCUT2D eigenvalue weighted by molar-refractivity contribution is 5.76. The molecule has 5 heteroatoms. The number of rotatable bonds is 1. The highest BCUT2D eigenvalue weighted by Gasteiger charge is 2.23. The lowest BCUT2D eigenvalue weighted by Crippen LogP contribution is -2.21. The molecule has 0 aromatic carbocycles. The lowest BCUT2D eigenvalue weighted by Gasteiger charge is -2.25. The van der Waals surface area contributed by atoms with Gasteiger partial charge in [-0.05, 0) is 32.6 Å². The minimum Gasteiger partial charge on any atom is -0.393 e. The van der Waals surface area contributed by atoms with Crippen LogP contribution in [0.25, 0.3) is 11.0 Å². The highest BCUT2D eigenvalue weighted by Crippen LogP contribution is 2.30. The van der Waals surface area contributed by atoms with Crippen molar-refractivity contribution in [3.05, 3.63) is 18.2 Å². The Morgan fingerprint density at radius 3 is 2.76 bits per heavy atom. The Labute approximate surface area is 99.5 Å². The number of aliphatic hydroxyl groups excluding tert-OH is 1. The lowest BCUT2D eigenvalue weighted by molar-refractivity contribution is 0.109. The van der Waals surface area contributed by atoms with E-state index in [4.69, 9.17) is 0 Å². The van der Waals surface area contributed by atoms with Gasteiger partial charge in [-0.25, -0.2) is 14.6 Å². The molecule has 2 aromatic heterocycles. The maximum absolute atomic E-state index is 9.53. The van der Waals surface area contributed by atoms with Gasteiger partial charge in [0.2, 0.25) is 0 Å². The second kappa shape index (κ2) is 4.07. The van der Waals surface area contributed by atoms with Gasteiger partial charge >= 0.3 is 0 Å². The molecule has 5 nitrogen and oxygen atoms in total. The van der Waals surface area contributed by atoms with Crippen LogP contribution in [0.4, 0.5) is 0 Å². The van der Waals surface area contributed by atoms with Crippen molar-refractivity contribution < 1.29 is 5.11 Å². The monoisotopic (exact) mass is 232 g/mol.